The van der Waals surface area contributed by atoms with Gasteiger partial charge in [0.25, 0.3) is 11.6 Å². The molecule has 17 heavy (non-hydrogen) atoms. The van der Waals surface area contributed by atoms with Gasteiger partial charge >= 0.3 is 0 Å². The molecular formula is C11H14N2O4. The van der Waals surface area contributed by atoms with Crippen molar-refractivity contribution in [3.63, 3.8) is 0 Å². The number of para-hydroxylation sites is 1. The summed E-state index contributed by atoms with van der Waals surface area (Å²) in [6, 6.07) is 5.63. The largest absolute Gasteiger partial charge is 0.383 e. The molecule has 1 amide bonds. The predicted octanol–water partition coefficient (Wildman–Crippen LogP) is 1.36. The summed E-state index contributed by atoms with van der Waals surface area (Å²) in [6.07, 6.45) is 0. The third-order valence-corrected chi connectivity index (χ3v) is 2.14. The number of rotatable bonds is 5. The molecule has 6 heteroatoms. The smallest absolute Gasteiger partial charge is 0.282 e. The molecule has 1 aromatic rings. The minimum absolute atomic E-state index is 0.0560. The van der Waals surface area contributed by atoms with Crippen molar-refractivity contribution in [3.8, 4) is 0 Å². The van der Waals surface area contributed by atoms with Crippen LogP contribution >= 0.6 is 0 Å². The first kappa shape index (κ1) is 13.1. The number of nitro groups is 1. The average molecular weight is 238 g/mol. The maximum absolute atomic E-state index is 11.8. The van der Waals surface area contributed by atoms with Crippen LogP contribution in [0.4, 0.5) is 5.69 Å². The van der Waals surface area contributed by atoms with Crippen molar-refractivity contribution in [3.05, 3.63) is 39.9 Å². The fraction of sp³-hybridized carbons (Fsp3) is 0.364. The quantitative estimate of drug-likeness (QED) is 0.620. The second kappa shape index (κ2) is 5.95. The number of hydrogen-bond acceptors (Lipinski definition) is 4. The van der Waals surface area contributed by atoms with E-state index in [9.17, 15) is 14.9 Å². The van der Waals surface area contributed by atoms with Gasteiger partial charge in [0.1, 0.15) is 5.56 Å². The highest BCUT2D eigenvalue weighted by molar-refractivity contribution is 5.98. The third-order valence-electron chi connectivity index (χ3n) is 2.14. The van der Waals surface area contributed by atoms with E-state index in [0.717, 1.165) is 0 Å². The normalized spacial score (nSPS) is 11.9. The van der Waals surface area contributed by atoms with E-state index < -0.39 is 10.8 Å². The van der Waals surface area contributed by atoms with Crippen LogP contribution < -0.4 is 5.32 Å². The molecule has 1 aromatic carbocycles. The number of ether oxygens (including phenoxy) is 1. The summed E-state index contributed by atoms with van der Waals surface area (Å²) in [5.41, 5.74) is -0.143. The molecule has 0 radical (unpaired) electrons. The van der Waals surface area contributed by atoms with Gasteiger partial charge in [-0.25, -0.2) is 0 Å². The molecule has 0 heterocycles. The molecule has 0 aliphatic heterocycles. The highest BCUT2D eigenvalue weighted by Crippen LogP contribution is 2.17. The first-order valence-electron chi connectivity index (χ1n) is 5.09. The predicted molar refractivity (Wildman–Crippen MR) is 61.9 cm³/mol. The molecule has 1 atom stereocenters. The average Bonchev–Trinajstić information content (AvgIpc) is 2.29. The molecule has 0 unspecified atom stereocenters. The standard InChI is InChI=1S/C11H14N2O4/c1-8(7-17-2)12-11(14)9-5-3-4-6-10(9)13(15)16/h3-6,8H,7H2,1-2H3,(H,12,14)/t8-/m1/s1. The molecular weight excluding hydrogens is 224 g/mol. The third kappa shape index (κ3) is 3.53. The van der Waals surface area contributed by atoms with Crippen LogP contribution in [0.1, 0.15) is 17.3 Å². The van der Waals surface area contributed by atoms with E-state index in [1.807, 2.05) is 0 Å². The fourth-order valence-electron chi connectivity index (χ4n) is 1.42. The number of benzene rings is 1. The Hall–Kier alpha value is -1.95. The van der Waals surface area contributed by atoms with Crippen LogP contribution in [0.3, 0.4) is 0 Å². The summed E-state index contributed by atoms with van der Waals surface area (Å²) in [7, 11) is 1.52. The highest BCUT2D eigenvalue weighted by atomic mass is 16.6. The lowest BCUT2D eigenvalue weighted by molar-refractivity contribution is -0.385. The van der Waals surface area contributed by atoms with E-state index in [1.54, 1.807) is 13.0 Å². The molecule has 92 valence electrons. The van der Waals surface area contributed by atoms with Crippen molar-refractivity contribution in [2.75, 3.05) is 13.7 Å². The van der Waals surface area contributed by atoms with Crippen molar-refractivity contribution in [2.24, 2.45) is 0 Å². The van der Waals surface area contributed by atoms with Crippen molar-refractivity contribution < 1.29 is 14.5 Å². The maximum Gasteiger partial charge on any atom is 0.282 e. The number of amides is 1. The lowest BCUT2D eigenvalue weighted by Gasteiger charge is -2.12. The molecule has 0 saturated carbocycles. The van der Waals surface area contributed by atoms with E-state index in [-0.39, 0.29) is 17.3 Å². The monoisotopic (exact) mass is 238 g/mol. The van der Waals surface area contributed by atoms with E-state index in [1.165, 1.54) is 25.3 Å². The molecule has 1 rings (SSSR count). The summed E-state index contributed by atoms with van der Waals surface area (Å²) in [4.78, 5) is 21.9. The van der Waals surface area contributed by atoms with Crippen LogP contribution in [-0.2, 0) is 4.74 Å². The van der Waals surface area contributed by atoms with Gasteiger partial charge < -0.3 is 10.1 Å². The Morgan fingerprint density at radius 3 is 2.76 bits per heavy atom. The molecule has 1 N–H and O–H groups in total. The number of methoxy groups -OCH3 is 1. The summed E-state index contributed by atoms with van der Waals surface area (Å²) < 4.78 is 4.87. The Kier molecular flexibility index (Phi) is 4.59. The number of carbonyl (C=O) groups excluding carboxylic acids is 1. The van der Waals surface area contributed by atoms with Crippen LogP contribution in [0.25, 0.3) is 0 Å². The summed E-state index contributed by atoms with van der Waals surface area (Å²) >= 11 is 0. The van der Waals surface area contributed by atoms with Gasteiger partial charge in [-0.05, 0) is 13.0 Å². The summed E-state index contributed by atoms with van der Waals surface area (Å²) in [5.74, 6) is -0.471. The van der Waals surface area contributed by atoms with Crippen molar-refractivity contribution in [2.45, 2.75) is 13.0 Å². The molecule has 0 saturated heterocycles. The number of nitrogens with zero attached hydrogens (tertiary/aromatic N) is 1. The zero-order valence-electron chi connectivity index (χ0n) is 9.67. The minimum Gasteiger partial charge on any atom is -0.383 e. The molecule has 6 nitrogen and oxygen atoms in total. The molecule has 0 spiro atoms. The molecule has 0 aromatic heterocycles. The van der Waals surface area contributed by atoms with Crippen LogP contribution in [0.5, 0.6) is 0 Å². The molecule has 0 aliphatic rings. The zero-order valence-corrected chi connectivity index (χ0v) is 9.67. The van der Waals surface area contributed by atoms with Crippen molar-refractivity contribution in [1.82, 2.24) is 5.32 Å². The Labute approximate surface area is 98.7 Å². The fourth-order valence-corrected chi connectivity index (χ4v) is 1.42. The number of carbonyl (C=O) groups is 1. The summed E-state index contributed by atoms with van der Waals surface area (Å²) in [6.45, 7) is 2.11. The Bertz CT molecular complexity index is 420. The first-order valence-corrected chi connectivity index (χ1v) is 5.09. The van der Waals surface area contributed by atoms with Crippen LogP contribution in [0.2, 0.25) is 0 Å². The maximum atomic E-state index is 11.8. The molecule has 0 bridgehead atoms. The van der Waals surface area contributed by atoms with Gasteiger partial charge in [0.2, 0.25) is 0 Å². The Morgan fingerprint density at radius 1 is 1.53 bits per heavy atom. The van der Waals surface area contributed by atoms with Gasteiger partial charge in [-0.3, -0.25) is 14.9 Å². The van der Waals surface area contributed by atoms with Gasteiger partial charge in [0.15, 0.2) is 0 Å². The Balaban J connectivity index is 2.85. The van der Waals surface area contributed by atoms with Crippen LogP contribution in [-0.4, -0.2) is 30.6 Å². The second-order valence-electron chi connectivity index (χ2n) is 3.60. The number of nitrogens with one attached hydrogen (secondary N) is 1. The van der Waals surface area contributed by atoms with E-state index in [4.69, 9.17) is 4.74 Å². The lowest BCUT2D eigenvalue weighted by atomic mass is 10.1. The van der Waals surface area contributed by atoms with E-state index >= 15 is 0 Å². The molecule has 0 fully saturated rings. The second-order valence-corrected chi connectivity index (χ2v) is 3.60. The van der Waals surface area contributed by atoms with Gasteiger partial charge in [-0.2, -0.15) is 0 Å². The van der Waals surface area contributed by atoms with Crippen LogP contribution in [0.15, 0.2) is 24.3 Å². The number of nitro benzene ring substituents is 1. The van der Waals surface area contributed by atoms with Crippen molar-refractivity contribution >= 4 is 11.6 Å². The minimum atomic E-state index is -0.574. The van der Waals surface area contributed by atoms with Gasteiger partial charge in [-0.1, -0.05) is 12.1 Å². The van der Waals surface area contributed by atoms with Crippen molar-refractivity contribution in [1.29, 1.82) is 0 Å². The number of hydrogen-bond donors (Lipinski definition) is 1. The topological polar surface area (TPSA) is 81.5 Å². The summed E-state index contributed by atoms with van der Waals surface area (Å²) in [5, 5.41) is 13.4. The zero-order chi connectivity index (χ0) is 12.8. The lowest BCUT2D eigenvalue weighted by Crippen LogP contribution is -2.35. The first-order chi connectivity index (χ1) is 8.06. The van der Waals surface area contributed by atoms with Crippen LogP contribution in [0, 0.1) is 10.1 Å². The molecule has 0 aliphatic carbocycles. The van der Waals surface area contributed by atoms with Gasteiger partial charge in [-0.15, -0.1) is 0 Å². The Morgan fingerprint density at radius 2 is 2.18 bits per heavy atom. The van der Waals surface area contributed by atoms with E-state index in [2.05, 4.69) is 5.32 Å². The highest BCUT2D eigenvalue weighted by Gasteiger charge is 2.20. The van der Waals surface area contributed by atoms with Gasteiger partial charge in [0.05, 0.1) is 11.5 Å². The van der Waals surface area contributed by atoms with Gasteiger partial charge in [0, 0.05) is 19.2 Å². The SMILES string of the molecule is COC[C@@H](C)NC(=O)c1ccccc1[N+](=O)[O-]. The van der Waals surface area contributed by atoms with E-state index in [0.29, 0.717) is 6.61 Å².